The number of fused-ring (bicyclic) bond motifs is 6. The van der Waals surface area contributed by atoms with Gasteiger partial charge in [0.2, 0.25) is 5.91 Å². The van der Waals surface area contributed by atoms with Gasteiger partial charge in [0.1, 0.15) is 11.9 Å². The maximum atomic E-state index is 16.2. The minimum Gasteiger partial charge on any atom is -0.508 e. The zero-order valence-corrected chi connectivity index (χ0v) is 29.2. The number of halogens is 1. The van der Waals surface area contributed by atoms with Crippen LogP contribution in [0.2, 0.25) is 0 Å². The molecule has 3 aliphatic rings. The van der Waals surface area contributed by atoms with Crippen LogP contribution in [0.25, 0.3) is 10.8 Å². The van der Waals surface area contributed by atoms with Crippen LogP contribution in [0.3, 0.4) is 0 Å². The molecule has 2 saturated carbocycles. The Morgan fingerprint density at radius 2 is 1.71 bits per heavy atom. The number of benzene rings is 4. The van der Waals surface area contributed by atoms with E-state index >= 15 is 4.39 Å². The molecule has 258 valence electrons. The molecule has 0 bridgehead atoms. The molecule has 2 fully saturated rings. The molecular formula is C44H52FNO3. The molecule has 7 atom stereocenters. The first-order chi connectivity index (χ1) is 23.7. The lowest BCUT2D eigenvalue weighted by atomic mass is 9.51. The molecule has 4 aromatic carbocycles. The zero-order chi connectivity index (χ0) is 34.1. The van der Waals surface area contributed by atoms with Gasteiger partial charge in [-0.1, -0.05) is 86.5 Å². The minimum atomic E-state index is -0.980. The highest BCUT2D eigenvalue weighted by Gasteiger charge is 2.59. The number of carbonyl (C=O) groups excluding carboxylic acids is 1. The van der Waals surface area contributed by atoms with Crippen molar-refractivity contribution in [3.63, 3.8) is 0 Å². The third-order valence-corrected chi connectivity index (χ3v) is 12.7. The molecule has 7 rings (SSSR count). The average molecular weight is 662 g/mol. The topological polar surface area (TPSA) is 60.8 Å². The monoisotopic (exact) mass is 661 g/mol. The Kier molecular flexibility index (Phi) is 9.84. The fraction of sp³-hybridized carbons (Fsp3) is 0.477. The molecule has 2 N–H and O–H groups in total. The summed E-state index contributed by atoms with van der Waals surface area (Å²) in [7, 11) is 0. The predicted octanol–water partition coefficient (Wildman–Crippen LogP) is 9.73. The molecule has 0 radical (unpaired) electrons. The number of unbranched alkanes of at least 4 members (excludes halogenated alkanes) is 2. The number of phenolic OH excluding ortho intramolecular Hbond substituents is 1. The summed E-state index contributed by atoms with van der Waals surface area (Å²) >= 11 is 0. The number of carbonyl (C=O) groups is 1. The van der Waals surface area contributed by atoms with Crippen LogP contribution < -0.4 is 4.90 Å². The summed E-state index contributed by atoms with van der Waals surface area (Å²) in [5.74, 6) is 1.05. The average Bonchev–Trinajstić information content (AvgIpc) is 3.39. The first-order valence-corrected chi connectivity index (χ1v) is 18.7. The molecule has 4 nitrogen and oxygen atoms in total. The molecule has 49 heavy (non-hydrogen) atoms. The van der Waals surface area contributed by atoms with E-state index in [9.17, 15) is 15.0 Å². The molecule has 0 spiro atoms. The van der Waals surface area contributed by atoms with Gasteiger partial charge >= 0.3 is 0 Å². The van der Waals surface area contributed by atoms with E-state index in [4.69, 9.17) is 0 Å². The van der Waals surface area contributed by atoms with Gasteiger partial charge in [-0.15, -0.1) is 0 Å². The standard InChI is InChI=1S/C44H52FNO3/c1-29(47)46(25-11-14-30-12-5-3-6-13-30)40-23-19-31-15-9-10-17-35(31)37(40)18-8-4-7-16-32-26-33-27-34(48)20-21-36(33)43-39(45)28-44(2)38(42(32)43)22-24-41(44)49/h3,5-6,9-10,12-13,15,17,19-21,23,27,32,38-39,41-43,48-49H,4,7-8,11,14,16,18,22,24-26,28H2,1-2H3/t32?,38?,39?,41?,42?,43?,44-/m0/s1. The summed E-state index contributed by atoms with van der Waals surface area (Å²) in [4.78, 5) is 15.0. The first-order valence-electron chi connectivity index (χ1n) is 18.7. The molecule has 0 heterocycles. The maximum Gasteiger partial charge on any atom is 0.223 e. The van der Waals surface area contributed by atoms with E-state index in [0.717, 1.165) is 81.0 Å². The van der Waals surface area contributed by atoms with Crippen molar-refractivity contribution in [3.05, 3.63) is 107 Å². The lowest BCUT2D eigenvalue weighted by Gasteiger charge is -2.54. The van der Waals surface area contributed by atoms with E-state index in [2.05, 4.69) is 67.6 Å². The number of rotatable bonds is 11. The number of hydrogen-bond acceptors (Lipinski definition) is 3. The van der Waals surface area contributed by atoms with Crippen LogP contribution in [0, 0.1) is 23.2 Å². The van der Waals surface area contributed by atoms with Crippen LogP contribution in [0.1, 0.15) is 93.4 Å². The number of phenols is 1. The first kappa shape index (κ1) is 33.8. The molecule has 1 amide bonds. The molecule has 6 unspecified atom stereocenters. The summed E-state index contributed by atoms with van der Waals surface area (Å²) in [6.45, 7) is 4.49. The SMILES string of the molecule is CC(=O)N(CCCc1ccccc1)c1ccc2ccccc2c1CCCCCC1Cc2cc(O)ccc2C2C(F)C[C@]3(C)C(O)CCC3C12. The molecule has 4 aromatic rings. The van der Waals surface area contributed by atoms with Crippen molar-refractivity contribution in [2.45, 2.75) is 103 Å². The third-order valence-electron chi connectivity index (χ3n) is 12.7. The molecule has 3 aliphatic carbocycles. The number of aromatic hydroxyl groups is 1. The van der Waals surface area contributed by atoms with Gasteiger partial charge in [-0.25, -0.2) is 4.39 Å². The predicted molar refractivity (Wildman–Crippen MR) is 197 cm³/mol. The van der Waals surface area contributed by atoms with Gasteiger partial charge in [0, 0.05) is 25.1 Å². The molecule has 0 aliphatic heterocycles. The van der Waals surface area contributed by atoms with E-state index in [0.29, 0.717) is 24.8 Å². The van der Waals surface area contributed by atoms with Gasteiger partial charge in [-0.05, 0) is 132 Å². The number of nitrogens with zero attached hydrogens (tertiary/aromatic N) is 1. The van der Waals surface area contributed by atoms with Crippen LogP contribution in [-0.2, 0) is 24.1 Å². The van der Waals surface area contributed by atoms with Crippen molar-refractivity contribution >= 4 is 22.4 Å². The minimum absolute atomic E-state index is 0.0745. The van der Waals surface area contributed by atoms with Crippen molar-refractivity contribution < 1.29 is 19.4 Å². The Bertz CT molecular complexity index is 1770. The van der Waals surface area contributed by atoms with E-state index in [1.54, 1.807) is 13.0 Å². The van der Waals surface area contributed by atoms with Gasteiger partial charge in [-0.2, -0.15) is 0 Å². The van der Waals surface area contributed by atoms with Crippen molar-refractivity contribution in [2.75, 3.05) is 11.4 Å². The summed E-state index contributed by atoms with van der Waals surface area (Å²) in [6, 6.07) is 28.8. The highest BCUT2D eigenvalue weighted by Crippen LogP contribution is 2.63. The van der Waals surface area contributed by atoms with Crippen molar-refractivity contribution in [3.8, 4) is 5.75 Å². The zero-order valence-electron chi connectivity index (χ0n) is 29.2. The summed E-state index contributed by atoms with van der Waals surface area (Å²) in [5.41, 5.74) is 5.39. The number of aryl methyl sites for hydroxylation is 2. The number of amides is 1. The van der Waals surface area contributed by atoms with Crippen LogP contribution >= 0.6 is 0 Å². The second-order valence-electron chi connectivity index (χ2n) is 15.5. The van der Waals surface area contributed by atoms with Crippen LogP contribution in [0.15, 0.2) is 84.9 Å². The summed E-state index contributed by atoms with van der Waals surface area (Å²) < 4.78 is 16.2. The normalized spacial score (nSPS) is 27.3. The van der Waals surface area contributed by atoms with Crippen molar-refractivity contribution in [2.24, 2.45) is 23.2 Å². The Hall–Kier alpha value is -3.70. The smallest absolute Gasteiger partial charge is 0.223 e. The lowest BCUT2D eigenvalue weighted by molar-refractivity contribution is -0.116. The van der Waals surface area contributed by atoms with E-state index in [1.165, 1.54) is 21.9 Å². The maximum absolute atomic E-state index is 16.2. The van der Waals surface area contributed by atoms with E-state index in [-0.39, 0.29) is 28.9 Å². The number of alkyl halides is 1. The Morgan fingerprint density at radius 1 is 0.918 bits per heavy atom. The van der Waals surface area contributed by atoms with Gasteiger partial charge in [0.15, 0.2) is 0 Å². The van der Waals surface area contributed by atoms with Crippen LogP contribution in [0.4, 0.5) is 10.1 Å². The highest BCUT2D eigenvalue weighted by atomic mass is 19.1. The fourth-order valence-electron chi connectivity index (χ4n) is 10.3. The summed E-state index contributed by atoms with van der Waals surface area (Å²) in [5, 5.41) is 23.8. The molecular weight excluding hydrogens is 609 g/mol. The second kappa shape index (κ2) is 14.3. The number of hydrogen-bond donors (Lipinski definition) is 2. The molecule has 0 aromatic heterocycles. The van der Waals surface area contributed by atoms with Gasteiger partial charge in [0.25, 0.3) is 0 Å². The highest BCUT2D eigenvalue weighted by molar-refractivity contribution is 5.98. The molecule has 5 heteroatoms. The largest absolute Gasteiger partial charge is 0.508 e. The number of aliphatic hydroxyl groups is 1. The number of aliphatic hydroxyl groups excluding tert-OH is 1. The Balaban J connectivity index is 1.06. The molecule has 0 saturated heterocycles. The van der Waals surface area contributed by atoms with Gasteiger partial charge in [0.05, 0.1) is 6.10 Å². The Morgan fingerprint density at radius 3 is 2.53 bits per heavy atom. The fourth-order valence-corrected chi connectivity index (χ4v) is 10.3. The van der Waals surface area contributed by atoms with Crippen LogP contribution in [-0.4, -0.2) is 34.9 Å². The van der Waals surface area contributed by atoms with E-state index < -0.39 is 12.3 Å². The van der Waals surface area contributed by atoms with Crippen LogP contribution in [0.5, 0.6) is 5.75 Å². The number of anilines is 1. The Labute approximate surface area is 291 Å². The van der Waals surface area contributed by atoms with E-state index in [1.807, 2.05) is 23.1 Å². The van der Waals surface area contributed by atoms with Gasteiger partial charge in [-0.3, -0.25) is 4.79 Å². The van der Waals surface area contributed by atoms with Crippen molar-refractivity contribution in [1.29, 1.82) is 0 Å². The third kappa shape index (κ3) is 6.64. The second-order valence-corrected chi connectivity index (χ2v) is 15.5. The lowest BCUT2D eigenvalue weighted by Crippen LogP contribution is -2.51. The van der Waals surface area contributed by atoms with Gasteiger partial charge < -0.3 is 15.1 Å². The quantitative estimate of drug-likeness (QED) is 0.157. The summed E-state index contributed by atoms with van der Waals surface area (Å²) in [6.07, 6.45) is 8.49. The van der Waals surface area contributed by atoms with Crippen molar-refractivity contribution in [1.82, 2.24) is 0 Å².